The second-order valence-corrected chi connectivity index (χ2v) is 7.85. The molecular formula is C25H18Cl2N4O. The Bertz CT molecular complexity index is 1240. The first-order chi connectivity index (χ1) is 15.6. The van der Waals surface area contributed by atoms with Crippen molar-refractivity contribution in [3.63, 3.8) is 0 Å². The summed E-state index contributed by atoms with van der Waals surface area (Å²) >= 11 is 12.1. The number of halogens is 2. The van der Waals surface area contributed by atoms with Crippen molar-refractivity contribution in [1.29, 1.82) is 5.26 Å². The number of nitrogens with zero attached hydrogens (tertiary/aromatic N) is 4. The third-order valence-electron chi connectivity index (χ3n) is 4.75. The van der Waals surface area contributed by atoms with Crippen LogP contribution < -0.4 is 4.74 Å². The van der Waals surface area contributed by atoms with Crippen molar-refractivity contribution < 1.29 is 4.74 Å². The molecule has 2 aromatic carbocycles. The maximum absolute atomic E-state index is 9.69. The average molecular weight is 461 g/mol. The number of hydrogen-bond acceptors (Lipinski definition) is 5. The lowest BCUT2D eigenvalue weighted by Crippen LogP contribution is -2.06. The van der Waals surface area contributed by atoms with Gasteiger partial charge in [-0.25, -0.2) is 9.97 Å². The van der Waals surface area contributed by atoms with Gasteiger partial charge in [0.2, 0.25) is 5.69 Å². The summed E-state index contributed by atoms with van der Waals surface area (Å²) in [6.45, 7) is 0.389. The van der Waals surface area contributed by atoms with Crippen molar-refractivity contribution >= 4 is 23.2 Å². The third-order valence-corrected chi connectivity index (χ3v) is 5.25. The van der Waals surface area contributed by atoms with Crippen LogP contribution in [0.3, 0.4) is 0 Å². The van der Waals surface area contributed by atoms with Gasteiger partial charge in [-0.05, 0) is 49.2 Å². The Morgan fingerprint density at radius 1 is 0.812 bits per heavy atom. The summed E-state index contributed by atoms with van der Waals surface area (Å²) in [6, 6.07) is 22.5. The highest BCUT2D eigenvalue weighted by molar-refractivity contribution is 6.31. The molecule has 2 aromatic heterocycles. The Kier molecular flexibility index (Phi) is 6.96. The molecule has 0 aliphatic rings. The van der Waals surface area contributed by atoms with E-state index < -0.39 is 0 Å². The molecule has 0 amide bonds. The standard InChI is InChI=1S/C25H18Cl2N4O/c26-19-10-6-17(7-11-19)23-24(18-8-12-20(27)13-9-18)31-25(22(16-28)30-23)32-15-3-5-21-4-1-2-14-29-21/h1-2,4,6-14H,3,5,15H2. The Morgan fingerprint density at radius 3 is 2.00 bits per heavy atom. The molecule has 158 valence electrons. The van der Waals surface area contributed by atoms with Crippen molar-refractivity contribution in [2.45, 2.75) is 12.8 Å². The second-order valence-electron chi connectivity index (χ2n) is 6.97. The monoisotopic (exact) mass is 460 g/mol. The summed E-state index contributed by atoms with van der Waals surface area (Å²) in [5, 5.41) is 10.9. The van der Waals surface area contributed by atoms with Gasteiger partial charge in [0.25, 0.3) is 5.88 Å². The molecule has 0 saturated carbocycles. The number of pyridine rings is 1. The van der Waals surface area contributed by atoms with E-state index in [2.05, 4.69) is 21.0 Å². The molecule has 2 heterocycles. The van der Waals surface area contributed by atoms with Gasteiger partial charge in [-0.1, -0.05) is 53.5 Å². The number of rotatable bonds is 7. The lowest BCUT2D eigenvalue weighted by molar-refractivity contribution is 0.297. The largest absolute Gasteiger partial charge is 0.476 e. The molecule has 32 heavy (non-hydrogen) atoms. The van der Waals surface area contributed by atoms with Gasteiger partial charge in [-0.15, -0.1) is 0 Å². The Hall–Kier alpha value is -3.46. The normalized spacial score (nSPS) is 10.5. The van der Waals surface area contributed by atoms with Gasteiger partial charge in [0, 0.05) is 33.1 Å². The maximum Gasteiger partial charge on any atom is 0.251 e. The van der Waals surface area contributed by atoms with Gasteiger partial charge in [0.05, 0.1) is 12.3 Å². The van der Waals surface area contributed by atoms with Crippen molar-refractivity contribution in [2.75, 3.05) is 6.61 Å². The zero-order chi connectivity index (χ0) is 22.3. The molecule has 7 heteroatoms. The minimum absolute atomic E-state index is 0.130. The van der Waals surface area contributed by atoms with E-state index >= 15 is 0 Å². The van der Waals surface area contributed by atoms with Crippen LogP contribution in [0.2, 0.25) is 10.0 Å². The van der Waals surface area contributed by atoms with Crippen LogP contribution in [0.15, 0.2) is 72.9 Å². The molecule has 0 unspecified atom stereocenters. The summed E-state index contributed by atoms with van der Waals surface area (Å²) in [5.41, 5.74) is 3.90. The van der Waals surface area contributed by atoms with Gasteiger partial charge in [-0.3, -0.25) is 4.98 Å². The van der Waals surface area contributed by atoms with Gasteiger partial charge < -0.3 is 4.74 Å². The average Bonchev–Trinajstić information content (AvgIpc) is 2.83. The number of hydrogen-bond donors (Lipinski definition) is 0. The molecule has 0 fully saturated rings. The minimum atomic E-state index is 0.130. The summed E-state index contributed by atoms with van der Waals surface area (Å²) in [5.74, 6) is 0.205. The van der Waals surface area contributed by atoms with E-state index in [1.807, 2.05) is 42.5 Å². The van der Waals surface area contributed by atoms with Gasteiger partial charge >= 0.3 is 0 Å². The summed E-state index contributed by atoms with van der Waals surface area (Å²) in [4.78, 5) is 13.6. The number of aryl methyl sites for hydroxylation is 1. The fourth-order valence-corrected chi connectivity index (χ4v) is 3.43. The predicted octanol–water partition coefficient (Wildman–Crippen LogP) is 6.40. The maximum atomic E-state index is 9.69. The molecular weight excluding hydrogens is 443 g/mol. The van der Waals surface area contributed by atoms with Crippen LogP contribution in [0, 0.1) is 11.3 Å². The molecule has 4 rings (SSSR count). The fraction of sp³-hybridized carbons (Fsp3) is 0.120. The molecule has 0 spiro atoms. The molecule has 0 aliphatic heterocycles. The second kappa shape index (κ2) is 10.2. The highest BCUT2D eigenvalue weighted by Gasteiger charge is 2.18. The van der Waals surface area contributed by atoms with Crippen LogP contribution in [0.5, 0.6) is 5.88 Å². The van der Waals surface area contributed by atoms with E-state index in [1.165, 1.54) is 0 Å². The van der Waals surface area contributed by atoms with E-state index in [1.54, 1.807) is 30.5 Å². The number of ether oxygens (including phenoxy) is 1. The van der Waals surface area contributed by atoms with E-state index in [-0.39, 0.29) is 11.6 Å². The molecule has 5 nitrogen and oxygen atoms in total. The molecule has 0 saturated heterocycles. The Morgan fingerprint density at radius 2 is 1.44 bits per heavy atom. The van der Waals surface area contributed by atoms with Gasteiger partial charge in [0.1, 0.15) is 11.8 Å². The smallest absolute Gasteiger partial charge is 0.251 e. The number of benzene rings is 2. The van der Waals surface area contributed by atoms with Crippen LogP contribution >= 0.6 is 23.2 Å². The molecule has 0 atom stereocenters. The Labute approximate surface area is 196 Å². The molecule has 0 aliphatic carbocycles. The first kappa shape index (κ1) is 21.8. The van der Waals surface area contributed by atoms with E-state index in [0.29, 0.717) is 28.0 Å². The molecule has 0 radical (unpaired) electrons. The summed E-state index contributed by atoms with van der Waals surface area (Å²) in [7, 11) is 0. The zero-order valence-electron chi connectivity index (χ0n) is 17.0. The molecule has 0 bridgehead atoms. The topological polar surface area (TPSA) is 71.7 Å². The third kappa shape index (κ3) is 5.23. The summed E-state index contributed by atoms with van der Waals surface area (Å²) < 4.78 is 5.87. The highest BCUT2D eigenvalue weighted by atomic mass is 35.5. The SMILES string of the molecule is N#Cc1nc(-c2ccc(Cl)cc2)c(-c2ccc(Cl)cc2)nc1OCCCc1ccccn1. The first-order valence-electron chi connectivity index (χ1n) is 10.0. The van der Waals surface area contributed by atoms with E-state index in [4.69, 9.17) is 27.9 Å². The van der Waals surface area contributed by atoms with Crippen LogP contribution in [0.1, 0.15) is 17.8 Å². The molecule has 0 N–H and O–H groups in total. The quantitative estimate of drug-likeness (QED) is 0.298. The van der Waals surface area contributed by atoms with E-state index in [9.17, 15) is 5.26 Å². The van der Waals surface area contributed by atoms with Gasteiger partial charge in [0.15, 0.2) is 0 Å². The number of nitriles is 1. The van der Waals surface area contributed by atoms with E-state index in [0.717, 1.165) is 29.7 Å². The van der Waals surface area contributed by atoms with Crippen LogP contribution in [-0.2, 0) is 6.42 Å². The number of aromatic nitrogens is 3. The zero-order valence-corrected chi connectivity index (χ0v) is 18.5. The van der Waals surface area contributed by atoms with Crippen LogP contribution in [0.4, 0.5) is 0 Å². The van der Waals surface area contributed by atoms with Crippen LogP contribution in [-0.4, -0.2) is 21.6 Å². The van der Waals surface area contributed by atoms with Crippen molar-refractivity contribution in [3.05, 3.63) is 94.4 Å². The van der Waals surface area contributed by atoms with Crippen LogP contribution in [0.25, 0.3) is 22.5 Å². The Balaban J connectivity index is 1.66. The lowest BCUT2D eigenvalue weighted by atomic mass is 10.0. The fourth-order valence-electron chi connectivity index (χ4n) is 3.18. The summed E-state index contributed by atoms with van der Waals surface area (Å²) in [6.07, 6.45) is 3.27. The van der Waals surface area contributed by atoms with Crippen molar-refractivity contribution in [2.24, 2.45) is 0 Å². The molecule has 4 aromatic rings. The van der Waals surface area contributed by atoms with Crippen molar-refractivity contribution in [3.8, 4) is 34.5 Å². The van der Waals surface area contributed by atoms with Crippen molar-refractivity contribution in [1.82, 2.24) is 15.0 Å². The first-order valence-corrected chi connectivity index (χ1v) is 10.8. The lowest BCUT2D eigenvalue weighted by Gasteiger charge is -2.13. The van der Waals surface area contributed by atoms with Gasteiger partial charge in [-0.2, -0.15) is 5.26 Å². The highest BCUT2D eigenvalue weighted by Crippen LogP contribution is 2.33. The minimum Gasteiger partial charge on any atom is -0.476 e. The predicted molar refractivity (Wildman–Crippen MR) is 126 cm³/mol.